The van der Waals surface area contributed by atoms with Gasteiger partial charge in [-0.25, -0.2) is 0 Å². The van der Waals surface area contributed by atoms with Crippen molar-refractivity contribution < 1.29 is 5.11 Å². The van der Waals surface area contributed by atoms with Crippen LogP contribution in [-0.4, -0.2) is 15.8 Å². The fraction of sp³-hybridized carbons (Fsp3) is 0.333. The second kappa shape index (κ2) is 4.25. The van der Waals surface area contributed by atoms with Gasteiger partial charge in [-0.2, -0.15) is 0 Å². The number of aliphatic hydroxyl groups excluding tert-OH is 1. The van der Waals surface area contributed by atoms with Crippen LogP contribution in [0.2, 0.25) is 5.02 Å². The molecule has 1 aromatic heterocycles. The zero-order valence-corrected chi connectivity index (χ0v) is 9.41. The van der Waals surface area contributed by atoms with Gasteiger partial charge in [0.1, 0.15) is 0 Å². The minimum atomic E-state index is -0.255. The van der Waals surface area contributed by atoms with Crippen LogP contribution < -0.4 is 0 Å². The lowest BCUT2D eigenvalue weighted by atomic mass is 10.2. The van der Waals surface area contributed by atoms with Gasteiger partial charge in [0, 0.05) is 28.7 Å². The minimum absolute atomic E-state index is 0.255. The van der Waals surface area contributed by atoms with Crippen LogP contribution in [0.3, 0.4) is 0 Å². The molecule has 1 heterocycles. The van der Waals surface area contributed by atoms with E-state index in [-0.39, 0.29) is 6.10 Å². The molecule has 3 heteroatoms. The molecular formula is C12H14ClNO. The summed E-state index contributed by atoms with van der Waals surface area (Å²) in [6.45, 7) is 2.64. The first-order chi connectivity index (χ1) is 7.16. The van der Waals surface area contributed by atoms with Crippen molar-refractivity contribution in [2.75, 3.05) is 0 Å². The third-order valence-corrected chi connectivity index (χ3v) is 2.76. The lowest BCUT2D eigenvalue weighted by molar-refractivity contribution is 0.178. The van der Waals surface area contributed by atoms with Gasteiger partial charge in [0.15, 0.2) is 0 Å². The third kappa shape index (κ3) is 2.33. The van der Waals surface area contributed by atoms with E-state index in [1.54, 1.807) is 0 Å². The van der Waals surface area contributed by atoms with Crippen LogP contribution >= 0.6 is 11.6 Å². The van der Waals surface area contributed by atoms with Crippen LogP contribution in [0.5, 0.6) is 0 Å². The summed E-state index contributed by atoms with van der Waals surface area (Å²) in [7, 11) is 0. The van der Waals surface area contributed by atoms with Crippen LogP contribution in [0.15, 0.2) is 30.5 Å². The van der Waals surface area contributed by atoms with E-state index in [2.05, 4.69) is 4.57 Å². The maximum absolute atomic E-state index is 9.23. The molecule has 0 radical (unpaired) electrons. The van der Waals surface area contributed by atoms with Crippen LogP contribution in [-0.2, 0) is 6.54 Å². The Labute approximate surface area is 94.1 Å². The Morgan fingerprint density at radius 3 is 2.93 bits per heavy atom. The molecular weight excluding hydrogens is 210 g/mol. The SMILES string of the molecule is CC(O)CCn1ccc2cc(Cl)ccc21. The lowest BCUT2D eigenvalue weighted by Gasteiger charge is -2.07. The molecule has 80 valence electrons. The maximum atomic E-state index is 9.23. The highest BCUT2D eigenvalue weighted by molar-refractivity contribution is 6.31. The standard InChI is InChI=1S/C12H14ClNO/c1-9(15)4-6-14-7-5-10-8-11(13)2-3-12(10)14/h2-3,5,7-9,15H,4,6H2,1H3. The maximum Gasteiger partial charge on any atom is 0.0529 e. The average molecular weight is 224 g/mol. The van der Waals surface area contributed by atoms with Crippen LogP contribution in [0.4, 0.5) is 0 Å². The largest absolute Gasteiger partial charge is 0.393 e. The van der Waals surface area contributed by atoms with Crippen LogP contribution in [0.1, 0.15) is 13.3 Å². The minimum Gasteiger partial charge on any atom is -0.393 e. The molecule has 2 rings (SSSR count). The summed E-state index contributed by atoms with van der Waals surface area (Å²) in [6, 6.07) is 7.90. The molecule has 0 saturated heterocycles. The Bertz CT molecular complexity index is 462. The van der Waals surface area contributed by atoms with Crippen molar-refractivity contribution in [2.24, 2.45) is 0 Å². The molecule has 0 amide bonds. The van der Waals surface area contributed by atoms with Crippen molar-refractivity contribution in [1.82, 2.24) is 4.57 Å². The van der Waals surface area contributed by atoms with E-state index in [9.17, 15) is 5.11 Å². The van der Waals surface area contributed by atoms with E-state index in [4.69, 9.17) is 11.6 Å². The molecule has 0 aliphatic carbocycles. The molecule has 0 bridgehead atoms. The molecule has 0 spiro atoms. The second-order valence-electron chi connectivity index (χ2n) is 3.85. The summed E-state index contributed by atoms with van der Waals surface area (Å²) in [5.74, 6) is 0. The highest BCUT2D eigenvalue weighted by atomic mass is 35.5. The summed E-state index contributed by atoms with van der Waals surface area (Å²) >= 11 is 5.91. The van der Waals surface area contributed by atoms with E-state index in [1.807, 2.05) is 37.4 Å². The van der Waals surface area contributed by atoms with E-state index in [0.717, 1.165) is 23.4 Å². The first-order valence-corrected chi connectivity index (χ1v) is 5.47. The van der Waals surface area contributed by atoms with Gasteiger partial charge in [-0.1, -0.05) is 11.6 Å². The molecule has 1 unspecified atom stereocenters. The van der Waals surface area contributed by atoms with E-state index in [0.29, 0.717) is 0 Å². The second-order valence-corrected chi connectivity index (χ2v) is 4.29. The molecule has 1 aromatic carbocycles. The van der Waals surface area contributed by atoms with E-state index in [1.165, 1.54) is 5.52 Å². The number of halogens is 1. The number of aryl methyl sites for hydroxylation is 1. The zero-order valence-electron chi connectivity index (χ0n) is 8.65. The van der Waals surface area contributed by atoms with E-state index >= 15 is 0 Å². The number of hydrogen-bond acceptors (Lipinski definition) is 1. The van der Waals surface area contributed by atoms with Gasteiger partial charge in [0.25, 0.3) is 0 Å². The topological polar surface area (TPSA) is 25.2 Å². The van der Waals surface area contributed by atoms with Crippen molar-refractivity contribution in [3.8, 4) is 0 Å². The molecule has 1 N–H and O–H groups in total. The smallest absolute Gasteiger partial charge is 0.0529 e. The first-order valence-electron chi connectivity index (χ1n) is 5.09. The van der Waals surface area contributed by atoms with Gasteiger partial charge in [-0.3, -0.25) is 0 Å². The van der Waals surface area contributed by atoms with Gasteiger partial charge in [0.2, 0.25) is 0 Å². The average Bonchev–Trinajstić information content (AvgIpc) is 2.57. The number of hydrogen-bond donors (Lipinski definition) is 1. The highest BCUT2D eigenvalue weighted by Crippen LogP contribution is 2.20. The number of aliphatic hydroxyl groups is 1. The quantitative estimate of drug-likeness (QED) is 0.850. The Kier molecular flexibility index (Phi) is 2.98. The zero-order chi connectivity index (χ0) is 10.8. The summed E-state index contributed by atoms with van der Waals surface area (Å²) in [6.07, 6.45) is 2.55. The molecule has 15 heavy (non-hydrogen) atoms. The Morgan fingerprint density at radius 2 is 2.20 bits per heavy atom. The number of rotatable bonds is 3. The van der Waals surface area contributed by atoms with Crippen molar-refractivity contribution in [2.45, 2.75) is 26.0 Å². The molecule has 1 atom stereocenters. The fourth-order valence-corrected chi connectivity index (χ4v) is 1.87. The monoisotopic (exact) mass is 223 g/mol. The Hall–Kier alpha value is -0.990. The molecule has 2 nitrogen and oxygen atoms in total. The normalized spacial score (nSPS) is 13.3. The highest BCUT2D eigenvalue weighted by Gasteiger charge is 2.02. The van der Waals surface area contributed by atoms with Crippen molar-refractivity contribution in [3.05, 3.63) is 35.5 Å². The lowest BCUT2D eigenvalue weighted by Crippen LogP contribution is -2.05. The molecule has 0 aliphatic rings. The van der Waals surface area contributed by atoms with Gasteiger partial charge in [0.05, 0.1) is 6.10 Å². The summed E-state index contributed by atoms with van der Waals surface area (Å²) < 4.78 is 2.14. The van der Waals surface area contributed by atoms with Crippen LogP contribution in [0.25, 0.3) is 10.9 Å². The van der Waals surface area contributed by atoms with Crippen molar-refractivity contribution in [3.63, 3.8) is 0 Å². The molecule has 0 saturated carbocycles. The van der Waals surface area contributed by atoms with Gasteiger partial charge in [-0.15, -0.1) is 0 Å². The third-order valence-electron chi connectivity index (χ3n) is 2.52. The number of aromatic nitrogens is 1. The van der Waals surface area contributed by atoms with E-state index < -0.39 is 0 Å². The van der Waals surface area contributed by atoms with Gasteiger partial charge >= 0.3 is 0 Å². The number of fused-ring (bicyclic) bond motifs is 1. The number of benzene rings is 1. The predicted octanol–water partition coefficient (Wildman–Crippen LogP) is 3.07. The molecule has 2 aromatic rings. The summed E-state index contributed by atoms with van der Waals surface area (Å²) in [4.78, 5) is 0. The predicted molar refractivity (Wildman–Crippen MR) is 63.2 cm³/mol. The fourth-order valence-electron chi connectivity index (χ4n) is 1.69. The number of nitrogens with zero attached hydrogens (tertiary/aromatic N) is 1. The summed E-state index contributed by atoms with van der Waals surface area (Å²) in [5.41, 5.74) is 1.17. The Morgan fingerprint density at radius 1 is 1.40 bits per heavy atom. The van der Waals surface area contributed by atoms with Crippen LogP contribution in [0, 0.1) is 0 Å². The summed E-state index contributed by atoms with van der Waals surface area (Å²) in [5, 5.41) is 11.1. The van der Waals surface area contributed by atoms with Gasteiger partial charge in [-0.05, 0) is 37.6 Å². The van der Waals surface area contributed by atoms with Gasteiger partial charge < -0.3 is 9.67 Å². The first kappa shape index (κ1) is 10.5. The van der Waals surface area contributed by atoms with Crippen molar-refractivity contribution >= 4 is 22.5 Å². The van der Waals surface area contributed by atoms with Crippen molar-refractivity contribution in [1.29, 1.82) is 0 Å². The molecule has 0 fully saturated rings. The Balaban J connectivity index is 2.29. The molecule has 0 aliphatic heterocycles.